The first kappa shape index (κ1) is 18.4. The molecule has 3 N–H and O–H groups in total. The summed E-state index contributed by atoms with van der Waals surface area (Å²) in [6.07, 6.45) is 7.28. The second kappa shape index (κ2) is 8.32. The van der Waals surface area contributed by atoms with Crippen LogP contribution in [0.5, 0.6) is 0 Å². The van der Waals surface area contributed by atoms with Gasteiger partial charge in [-0.3, -0.25) is 14.5 Å². The molecular formula is C19H32N4O2. The van der Waals surface area contributed by atoms with Crippen molar-refractivity contribution < 1.29 is 9.59 Å². The molecule has 25 heavy (non-hydrogen) atoms. The Labute approximate surface area is 150 Å². The van der Waals surface area contributed by atoms with Crippen LogP contribution in [-0.2, 0) is 9.59 Å². The quantitative estimate of drug-likeness (QED) is 0.713. The molecule has 140 valence electrons. The number of hydrogen-bond donors (Lipinski definition) is 2. The van der Waals surface area contributed by atoms with Crippen LogP contribution in [0.3, 0.4) is 0 Å². The van der Waals surface area contributed by atoms with E-state index in [2.05, 4.69) is 16.8 Å². The van der Waals surface area contributed by atoms with Crippen LogP contribution in [0.4, 0.5) is 0 Å². The van der Waals surface area contributed by atoms with Gasteiger partial charge in [0.15, 0.2) is 0 Å². The molecule has 2 atom stereocenters. The van der Waals surface area contributed by atoms with Crippen LogP contribution in [-0.4, -0.2) is 66.9 Å². The molecular weight excluding hydrogens is 316 g/mol. The van der Waals surface area contributed by atoms with Gasteiger partial charge in [0.25, 0.3) is 0 Å². The van der Waals surface area contributed by atoms with E-state index in [9.17, 15) is 9.59 Å². The molecule has 3 rings (SSSR count). The number of amides is 2. The van der Waals surface area contributed by atoms with Crippen molar-refractivity contribution in [1.82, 2.24) is 15.1 Å². The van der Waals surface area contributed by atoms with Gasteiger partial charge in [-0.05, 0) is 37.5 Å². The third kappa shape index (κ3) is 4.42. The van der Waals surface area contributed by atoms with Crippen molar-refractivity contribution in [3.8, 4) is 0 Å². The Bertz CT molecular complexity index is 488. The van der Waals surface area contributed by atoms with Crippen LogP contribution in [0, 0.1) is 17.8 Å². The van der Waals surface area contributed by atoms with Crippen LogP contribution in [0.2, 0.25) is 0 Å². The van der Waals surface area contributed by atoms with E-state index in [1.54, 1.807) is 6.08 Å². The Morgan fingerprint density at radius 1 is 1.12 bits per heavy atom. The van der Waals surface area contributed by atoms with E-state index in [1.165, 1.54) is 19.3 Å². The summed E-state index contributed by atoms with van der Waals surface area (Å²) in [4.78, 5) is 28.8. The highest BCUT2D eigenvalue weighted by Crippen LogP contribution is 2.42. The predicted octanol–water partition coefficient (Wildman–Crippen LogP) is 0.586. The monoisotopic (exact) mass is 348 g/mol. The zero-order valence-corrected chi connectivity index (χ0v) is 15.2. The van der Waals surface area contributed by atoms with Gasteiger partial charge in [-0.15, -0.1) is 6.58 Å². The first-order valence-corrected chi connectivity index (χ1v) is 9.72. The van der Waals surface area contributed by atoms with Crippen LogP contribution >= 0.6 is 0 Å². The minimum atomic E-state index is 0.0220. The number of piperazine rings is 1. The zero-order valence-electron chi connectivity index (χ0n) is 15.2. The van der Waals surface area contributed by atoms with Gasteiger partial charge in [0, 0.05) is 44.7 Å². The summed E-state index contributed by atoms with van der Waals surface area (Å²) in [6.45, 7) is 7.50. The van der Waals surface area contributed by atoms with Gasteiger partial charge < -0.3 is 16.0 Å². The third-order valence-corrected chi connectivity index (χ3v) is 6.26. The molecule has 1 saturated heterocycles. The Kier molecular flexibility index (Phi) is 6.12. The average Bonchev–Trinajstić information content (AvgIpc) is 2.60. The smallest absolute Gasteiger partial charge is 0.234 e. The van der Waals surface area contributed by atoms with Gasteiger partial charge in [-0.25, -0.2) is 0 Å². The molecule has 6 heteroatoms. The molecule has 2 aliphatic carbocycles. The van der Waals surface area contributed by atoms with Gasteiger partial charge in [0.2, 0.25) is 11.8 Å². The highest BCUT2D eigenvalue weighted by molar-refractivity contribution is 5.79. The average molecular weight is 348 g/mol. The minimum absolute atomic E-state index is 0.0220. The summed E-state index contributed by atoms with van der Waals surface area (Å²) < 4.78 is 0. The highest BCUT2D eigenvalue weighted by Gasteiger charge is 2.41. The molecule has 1 heterocycles. The standard InChI is InChI=1S/C19H32N4O2/c1-2-6-21-17(24)13-22-7-9-23(10-8-22)19(25)16-11-14-4-3-5-15(12-16)18(14)20/h2,14-16,18H,1,3-13,20H2,(H,21,24). The Morgan fingerprint density at radius 2 is 1.76 bits per heavy atom. The summed E-state index contributed by atoms with van der Waals surface area (Å²) in [5.74, 6) is 1.58. The lowest BCUT2D eigenvalue weighted by Gasteiger charge is -2.45. The summed E-state index contributed by atoms with van der Waals surface area (Å²) in [6, 6.07) is 0.309. The summed E-state index contributed by atoms with van der Waals surface area (Å²) in [5.41, 5.74) is 6.35. The highest BCUT2D eigenvalue weighted by atomic mass is 16.2. The normalized spacial score (nSPS) is 32.9. The molecule has 0 spiro atoms. The molecule has 0 aromatic carbocycles. The number of rotatable bonds is 5. The minimum Gasteiger partial charge on any atom is -0.352 e. The SMILES string of the molecule is C=CCNC(=O)CN1CCN(C(=O)C2CC3CCCC(C2)C3N)CC1. The van der Waals surface area contributed by atoms with Crippen molar-refractivity contribution >= 4 is 11.8 Å². The van der Waals surface area contributed by atoms with E-state index in [0.717, 1.165) is 39.0 Å². The molecule has 2 bridgehead atoms. The summed E-state index contributed by atoms with van der Waals surface area (Å²) >= 11 is 0. The maximum atomic E-state index is 12.9. The van der Waals surface area contributed by atoms with Crippen LogP contribution in [0.1, 0.15) is 32.1 Å². The van der Waals surface area contributed by atoms with Crippen molar-refractivity contribution in [2.45, 2.75) is 38.1 Å². The second-order valence-electron chi connectivity index (χ2n) is 7.89. The first-order valence-electron chi connectivity index (χ1n) is 9.72. The topological polar surface area (TPSA) is 78.7 Å². The molecule has 0 aromatic rings. The molecule has 2 amide bonds. The fourth-order valence-electron chi connectivity index (χ4n) is 4.82. The fourth-order valence-corrected chi connectivity index (χ4v) is 4.82. The number of nitrogens with one attached hydrogen (secondary N) is 1. The molecule has 0 radical (unpaired) electrons. The molecule has 1 aliphatic heterocycles. The zero-order chi connectivity index (χ0) is 17.8. The van der Waals surface area contributed by atoms with Crippen LogP contribution < -0.4 is 11.1 Å². The number of carbonyl (C=O) groups excluding carboxylic acids is 2. The van der Waals surface area contributed by atoms with E-state index >= 15 is 0 Å². The van der Waals surface area contributed by atoms with E-state index < -0.39 is 0 Å². The lowest BCUT2D eigenvalue weighted by Crippen LogP contribution is -2.54. The Balaban J connectivity index is 1.45. The maximum Gasteiger partial charge on any atom is 0.234 e. The van der Waals surface area contributed by atoms with Crippen molar-refractivity contribution in [3.63, 3.8) is 0 Å². The predicted molar refractivity (Wildman–Crippen MR) is 97.8 cm³/mol. The lowest BCUT2D eigenvalue weighted by molar-refractivity contribution is -0.140. The number of nitrogens with two attached hydrogens (primary N) is 1. The fraction of sp³-hybridized carbons (Fsp3) is 0.789. The maximum absolute atomic E-state index is 12.9. The number of hydrogen-bond acceptors (Lipinski definition) is 4. The first-order chi connectivity index (χ1) is 12.1. The van der Waals surface area contributed by atoms with Gasteiger partial charge in [-0.1, -0.05) is 12.5 Å². The van der Waals surface area contributed by atoms with Gasteiger partial charge in [0.05, 0.1) is 6.54 Å². The van der Waals surface area contributed by atoms with Gasteiger partial charge >= 0.3 is 0 Å². The molecule has 6 nitrogen and oxygen atoms in total. The summed E-state index contributed by atoms with van der Waals surface area (Å²) in [5, 5.41) is 2.80. The molecule has 0 aromatic heterocycles. The lowest BCUT2D eigenvalue weighted by atomic mass is 9.65. The molecule has 2 unspecified atom stereocenters. The van der Waals surface area contributed by atoms with Crippen molar-refractivity contribution in [2.75, 3.05) is 39.3 Å². The van der Waals surface area contributed by atoms with Crippen LogP contribution in [0.15, 0.2) is 12.7 Å². The molecule has 2 saturated carbocycles. The Morgan fingerprint density at radius 3 is 2.36 bits per heavy atom. The largest absolute Gasteiger partial charge is 0.352 e. The van der Waals surface area contributed by atoms with E-state index in [1.807, 2.05) is 4.90 Å². The second-order valence-corrected chi connectivity index (χ2v) is 7.89. The van der Waals surface area contributed by atoms with E-state index in [0.29, 0.717) is 36.9 Å². The number of nitrogens with zero attached hydrogens (tertiary/aromatic N) is 2. The third-order valence-electron chi connectivity index (χ3n) is 6.26. The number of fused-ring (bicyclic) bond motifs is 2. The number of carbonyl (C=O) groups is 2. The van der Waals surface area contributed by atoms with Crippen LogP contribution in [0.25, 0.3) is 0 Å². The Hall–Kier alpha value is -1.40. The molecule has 3 aliphatic rings. The van der Waals surface area contributed by atoms with Gasteiger partial charge in [0.1, 0.15) is 0 Å². The molecule has 3 fully saturated rings. The van der Waals surface area contributed by atoms with Crippen molar-refractivity contribution in [1.29, 1.82) is 0 Å². The summed E-state index contributed by atoms with van der Waals surface area (Å²) in [7, 11) is 0. The van der Waals surface area contributed by atoms with Crippen molar-refractivity contribution in [2.24, 2.45) is 23.5 Å². The van der Waals surface area contributed by atoms with Gasteiger partial charge in [-0.2, -0.15) is 0 Å². The van der Waals surface area contributed by atoms with E-state index in [-0.39, 0.29) is 11.8 Å². The van der Waals surface area contributed by atoms with E-state index in [4.69, 9.17) is 5.73 Å². The van der Waals surface area contributed by atoms with Crippen molar-refractivity contribution in [3.05, 3.63) is 12.7 Å².